The van der Waals surface area contributed by atoms with Gasteiger partial charge in [-0.1, -0.05) is 11.6 Å². The van der Waals surface area contributed by atoms with Gasteiger partial charge in [0.15, 0.2) is 0 Å². The van der Waals surface area contributed by atoms with E-state index in [1.807, 2.05) is 13.1 Å². The Morgan fingerprint density at radius 2 is 2.45 bits per heavy atom. The van der Waals surface area contributed by atoms with Gasteiger partial charge in [-0.2, -0.15) is 0 Å². The highest BCUT2D eigenvalue weighted by molar-refractivity contribution is 7.16. The zero-order valence-corrected chi connectivity index (χ0v) is 7.93. The number of hydrogen-bond donors (Lipinski definition) is 2. The first kappa shape index (κ1) is 9.00. The quantitative estimate of drug-likeness (QED) is 0.760. The van der Waals surface area contributed by atoms with Crippen LogP contribution in [0.5, 0.6) is 0 Å². The Morgan fingerprint density at radius 3 is 2.91 bits per heavy atom. The maximum absolute atomic E-state index is 5.89. The fourth-order valence-corrected chi connectivity index (χ4v) is 2.21. The van der Waals surface area contributed by atoms with Crippen molar-refractivity contribution in [1.29, 1.82) is 0 Å². The lowest BCUT2D eigenvalue weighted by atomic mass is 10.3. The van der Waals surface area contributed by atoms with Gasteiger partial charge in [-0.05, 0) is 18.7 Å². The van der Waals surface area contributed by atoms with Gasteiger partial charge in [0.2, 0.25) is 0 Å². The lowest BCUT2D eigenvalue weighted by Gasteiger charge is -1.90. The summed E-state index contributed by atoms with van der Waals surface area (Å²) < 4.78 is 0.817. The van der Waals surface area contributed by atoms with Crippen molar-refractivity contribution >= 4 is 22.9 Å². The van der Waals surface area contributed by atoms with E-state index in [0.29, 0.717) is 6.54 Å². The molecular weight excluding hydrogens is 180 g/mol. The third kappa shape index (κ3) is 2.17. The number of nitrogens with two attached hydrogens (primary N) is 1. The molecule has 0 aliphatic carbocycles. The van der Waals surface area contributed by atoms with Crippen molar-refractivity contribution < 1.29 is 0 Å². The van der Waals surface area contributed by atoms with Crippen LogP contribution in [0.1, 0.15) is 10.4 Å². The van der Waals surface area contributed by atoms with Crippen molar-refractivity contribution in [3.05, 3.63) is 20.8 Å². The van der Waals surface area contributed by atoms with Crippen LogP contribution in [0, 0.1) is 0 Å². The molecule has 0 amide bonds. The van der Waals surface area contributed by atoms with Gasteiger partial charge in [-0.3, -0.25) is 0 Å². The van der Waals surface area contributed by atoms with Gasteiger partial charge in [0, 0.05) is 18.0 Å². The molecule has 0 saturated heterocycles. The third-order valence-corrected chi connectivity index (χ3v) is 2.82. The summed E-state index contributed by atoms with van der Waals surface area (Å²) in [5, 5.41) is 3.06. The maximum atomic E-state index is 5.89. The first-order valence-electron chi connectivity index (χ1n) is 3.39. The lowest BCUT2D eigenvalue weighted by molar-refractivity contribution is 0.830. The highest BCUT2D eigenvalue weighted by Crippen LogP contribution is 2.26. The van der Waals surface area contributed by atoms with Crippen molar-refractivity contribution in [1.82, 2.24) is 5.32 Å². The second-order valence-corrected chi connectivity index (χ2v) is 3.98. The topological polar surface area (TPSA) is 38.0 Å². The molecule has 0 aliphatic heterocycles. The molecule has 1 heterocycles. The highest BCUT2D eigenvalue weighted by Gasteiger charge is 2.03. The zero-order valence-electron chi connectivity index (χ0n) is 6.36. The Bertz CT molecular complexity index is 234. The Kier molecular flexibility index (Phi) is 3.33. The molecule has 1 aromatic rings. The summed E-state index contributed by atoms with van der Waals surface area (Å²) in [5.74, 6) is 0. The predicted molar refractivity (Wildman–Crippen MR) is 50.0 cm³/mol. The van der Waals surface area contributed by atoms with E-state index in [1.165, 1.54) is 4.88 Å². The minimum Gasteiger partial charge on any atom is -0.326 e. The molecule has 0 unspecified atom stereocenters. The highest BCUT2D eigenvalue weighted by atomic mass is 35.5. The van der Waals surface area contributed by atoms with E-state index < -0.39 is 0 Å². The van der Waals surface area contributed by atoms with Crippen LogP contribution in [-0.2, 0) is 13.1 Å². The molecule has 62 valence electrons. The fourth-order valence-electron chi connectivity index (χ4n) is 0.862. The molecule has 3 N–H and O–H groups in total. The van der Waals surface area contributed by atoms with Crippen LogP contribution >= 0.6 is 22.9 Å². The largest absolute Gasteiger partial charge is 0.326 e. The second kappa shape index (κ2) is 4.07. The average Bonchev–Trinajstić information content (AvgIpc) is 2.32. The van der Waals surface area contributed by atoms with Crippen LogP contribution in [0.3, 0.4) is 0 Å². The summed E-state index contributed by atoms with van der Waals surface area (Å²) in [6.45, 7) is 1.39. The molecule has 4 heteroatoms. The lowest BCUT2D eigenvalue weighted by Crippen LogP contribution is -2.02. The van der Waals surface area contributed by atoms with Gasteiger partial charge in [-0.15, -0.1) is 11.3 Å². The predicted octanol–water partition coefficient (Wildman–Crippen LogP) is 1.58. The molecule has 0 atom stereocenters. The SMILES string of the molecule is CNCc1cc(CN)c(Cl)s1. The molecule has 1 rings (SSSR count). The molecule has 0 bridgehead atoms. The Balaban J connectivity index is 2.77. The summed E-state index contributed by atoms with van der Waals surface area (Å²) in [5.41, 5.74) is 6.51. The molecule has 0 fully saturated rings. The summed E-state index contributed by atoms with van der Waals surface area (Å²) in [7, 11) is 1.91. The van der Waals surface area contributed by atoms with Crippen molar-refractivity contribution in [2.24, 2.45) is 5.73 Å². The van der Waals surface area contributed by atoms with Crippen LogP contribution in [-0.4, -0.2) is 7.05 Å². The molecule has 0 saturated carbocycles. The Labute approximate surface area is 75.4 Å². The number of thiophene rings is 1. The van der Waals surface area contributed by atoms with E-state index in [-0.39, 0.29) is 0 Å². The van der Waals surface area contributed by atoms with Crippen molar-refractivity contribution in [2.45, 2.75) is 13.1 Å². The monoisotopic (exact) mass is 190 g/mol. The number of hydrogen-bond acceptors (Lipinski definition) is 3. The van der Waals surface area contributed by atoms with Crippen molar-refractivity contribution in [3.63, 3.8) is 0 Å². The smallest absolute Gasteiger partial charge is 0.0976 e. The van der Waals surface area contributed by atoms with E-state index >= 15 is 0 Å². The van der Waals surface area contributed by atoms with Crippen LogP contribution in [0.2, 0.25) is 4.34 Å². The molecule has 0 spiro atoms. The molecule has 11 heavy (non-hydrogen) atoms. The van der Waals surface area contributed by atoms with E-state index in [1.54, 1.807) is 11.3 Å². The fraction of sp³-hybridized carbons (Fsp3) is 0.429. The van der Waals surface area contributed by atoms with Gasteiger partial charge in [0.25, 0.3) is 0 Å². The van der Waals surface area contributed by atoms with Crippen LogP contribution < -0.4 is 11.1 Å². The molecule has 0 aromatic carbocycles. The summed E-state index contributed by atoms with van der Waals surface area (Å²) in [6.07, 6.45) is 0. The minimum absolute atomic E-state index is 0.527. The first-order chi connectivity index (χ1) is 5.27. The summed E-state index contributed by atoms with van der Waals surface area (Å²) in [4.78, 5) is 1.23. The summed E-state index contributed by atoms with van der Waals surface area (Å²) in [6, 6.07) is 2.05. The molecule has 0 radical (unpaired) electrons. The van der Waals surface area contributed by atoms with Gasteiger partial charge in [0.05, 0.1) is 4.34 Å². The number of nitrogens with one attached hydrogen (secondary N) is 1. The van der Waals surface area contributed by atoms with E-state index in [4.69, 9.17) is 17.3 Å². The number of rotatable bonds is 3. The van der Waals surface area contributed by atoms with E-state index in [0.717, 1.165) is 16.4 Å². The van der Waals surface area contributed by atoms with E-state index in [9.17, 15) is 0 Å². The van der Waals surface area contributed by atoms with Gasteiger partial charge >= 0.3 is 0 Å². The second-order valence-electron chi connectivity index (χ2n) is 2.25. The normalized spacial score (nSPS) is 10.5. The van der Waals surface area contributed by atoms with Gasteiger partial charge in [-0.25, -0.2) is 0 Å². The molecular formula is C7H11ClN2S. The first-order valence-corrected chi connectivity index (χ1v) is 4.59. The summed E-state index contributed by atoms with van der Waals surface area (Å²) >= 11 is 7.48. The van der Waals surface area contributed by atoms with Crippen LogP contribution in [0.25, 0.3) is 0 Å². The van der Waals surface area contributed by atoms with Gasteiger partial charge in [0.1, 0.15) is 0 Å². The van der Waals surface area contributed by atoms with Crippen LogP contribution in [0.4, 0.5) is 0 Å². The number of halogens is 1. The molecule has 2 nitrogen and oxygen atoms in total. The third-order valence-electron chi connectivity index (χ3n) is 1.38. The maximum Gasteiger partial charge on any atom is 0.0976 e. The van der Waals surface area contributed by atoms with E-state index in [2.05, 4.69) is 5.32 Å². The van der Waals surface area contributed by atoms with Gasteiger partial charge < -0.3 is 11.1 Å². The standard InChI is InChI=1S/C7H11ClN2S/c1-10-4-6-2-5(3-9)7(8)11-6/h2,10H,3-4,9H2,1H3. The average molecular weight is 191 g/mol. The van der Waals surface area contributed by atoms with Crippen molar-refractivity contribution in [3.8, 4) is 0 Å². The van der Waals surface area contributed by atoms with Crippen LogP contribution in [0.15, 0.2) is 6.07 Å². The minimum atomic E-state index is 0.527. The molecule has 1 aromatic heterocycles. The van der Waals surface area contributed by atoms with Crippen molar-refractivity contribution in [2.75, 3.05) is 7.05 Å². The Morgan fingerprint density at radius 1 is 1.73 bits per heavy atom. The Hall–Kier alpha value is -0.0900. The molecule has 0 aliphatic rings. The zero-order chi connectivity index (χ0) is 8.27.